The molecule has 1 aromatic rings. The molecule has 0 saturated carbocycles. The summed E-state index contributed by atoms with van der Waals surface area (Å²) in [6, 6.07) is 3.41. The van der Waals surface area contributed by atoms with Crippen LogP contribution in [0.1, 0.15) is 29.4 Å². The van der Waals surface area contributed by atoms with Crippen LogP contribution in [0.25, 0.3) is 0 Å². The molecule has 1 aromatic heterocycles. The Morgan fingerprint density at radius 2 is 2.22 bits per heavy atom. The Morgan fingerprint density at radius 3 is 2.83 bits per heavy atom. The molecule has 5 heteroatoms. The Bertz CT molecular complexity index is 410. The molecule has 0 unspecified atom stereocenters. The molecular weight excluding hydrogens is 252 g/mol. The van der Waals surface area contributed by atoms with Crippen LogP contribution < -0.4 is 0 Å². The molecule has 0 aliphatic carbocycles. The number of methoxy groups -OCH3 is 1. The highest BCUT2D eigenvalue weighted by Crippen LogP contribution is 2.14. The van der Waals surface area contributed by atoms with Crippen LogP contribution in [0.5, 0.6) is 0 Å². The van der Waals surface area contributed by atoms with Gasteiger partial charge < -0.3 is 9.64 Å². The molecule has 0 saturated heterocycles. The Labute approximate surface area is 113 Å². The number of halogens is 1. The third kappa shape index (κ3) is 4.27. The van der Waals surface area contributed by atoms with Gasteiger partial charge in [0.1, 0.15) is 5.15 Å². The van der Waals surface area contributed by atoms with Crippen LogP contribution in [0.3, 0.4) is 0 Å². The number of nitrogens with zero attached hydrogens (tertiary/aromatic N) is 2. The Kier molecular flexibility index (Phi) is 6.09. The van der Waals surface area contributed by atoms with E-state index in [1.165, 1.54) is 0 Å². The van der Waals surface area contributed by atoms with Gasteiger partial charge in [-0.15, -0.1) is 0 Å². The van der Waals surface area contributed by atoms with Crippen LogP contribution in [0.4, 0.5) is 0 Å². The van der Waals surface area contributed by atoms with Crippen molar-refractivity contribution in [2.75, 3.05) is 27.3 Å². The molecule has 0 aliphatic rings. The van der Waals surface area contributed by atoms with Crippen LogP contribution in [0.15, 0.2) is 12.1 Å². The fourth-order valence-electron chi connectivity index (χ4n) is 1.61. The quantitative estimate of drug-likeness (QED) is 0.746. The van der Waals surface area contributed by atoms with Gasteiger partial charge in [0.2, 0.25) is 0 Å². The molecule has 0 aromatic carbocycles. The highest BCUT2D eigenvalue weighted by molar-refractivity contribution is 6.29. The number of amides is 1. The van der Waals surface area contributed by atoms with Crippen LogP contribution in [-0.2, 0) is 11.2 Å². The van der Waals surface area contributed by atoms with Gasteiger partial charge in [0.15, 0.2) is 0 Å². The first-order valence-corrected chi connectivity index (χ1v) is 6.37. The lowest BCUT2D eigenvalue weighted by atomic mass is 10.1. The second kappa shape index (κ2) is 7.34. The predicted octanol–water partition coefficient (Wildman–Crippen LogP) is 2.41. The number of pyridine rings is 1. The predicted molar refractivity (Wildman–Crippen MR) is 72.1 cm³/mol. The number of likely N-dealkylation sites (N-methyl/N-ethyl adjacent to an activating group) is 1. The highest BCUT2D eigenvalue weighted by atomic mass is 35.5. The van der Waals surface area contributed by atoms with Crippen molar-refractivity contribution in [3.05, 3.63) is 28.5 Å². The van der Waals surface area contributed by atoms with Gasteiger partial charge in [0.25, 0.3) is 5.91 Å². The van der Waals surface area contributed by atoms with Crippen molar-refractivity contribution in [2.45, 2.75) is 19.8 Å². The topological polar surface area (TPSA) is 42.4 Å². The van der Waals surface area contributed by atoms with Crippen molar-refractivity contribution in [1.29, 1.82) is 0 Å². The average molecular weight is 271 g/mol. The van der Waals surface area contributed by atoms with Crippen LogP contribution in [0.2, 0.25) is 5.15 Å². The molecule has 0 N–H and O–H groups in total. The Balaban J connectivity index is 2.84. The van der Waals surface area contributed by atoms with E-state index in [2.05, 4.69) is 11.9 Å². The molecule has 0 bridgehead atoms. The maximum atomic E-state index is 12.1. The summed E-state index contributed by atoms with van der Waals surface area (Å²) in [5.74, 6) is -0.0614. The van der Waals surface area contributed by atoms with Crippen LogP contribution in [-0.4, -0.2) is 43.1 Å². The second-order valence-electron chi connectivity index (χ2n) is 4.14. The van der Waals surface area contributed by atoms with Crippen molar-refractivity contribution < 1.29 is 9.53 Å². The van der Waals surface area contributed by atoms with Gasteiger partial charge in [-0.1, -0.05) is 24.9 Å². The minimum atomic E-state index is -0.0614. The monoisotopic (exact) mass is 270 g/mol. The third-order valence-corrected chi connectivity index (χ3v) is 2.77. The zero-order chi connectivity index (χ0) is 13.5. The van der Waals surface area contributed by atoms with E-state index in [1.807, 2.05) is 0 Å². The molecular formula is C13H19ClN2O2. The average Bonchev–Trinajstić information content (AvgIpc) is 2.34. The molecule has 18 heavy (non-hydrogen) atoms. The lowest BCUT2D eigenvalue weighted by Crippen LogP contribution is -2.30. The normalized spacial score (nSPS) is 10.4. The number of rotatable bonds is 6. The minimum absolute atomic E-state index is 0.0614. The summed E-state index contributed by atoms with van der Waals surface area (Å²) < 4.78 is 4.95. The van der Waals surface area contributed by atoms with Crippen LogP contribution in [0, 0.1) is 0 Å². The largest absolute Gasteiger partial charge is 0.383 e. The first-order chi connectivity index (χ1) is 8.58. The maximum absolute atomic E-state index is 12.1. The molecule has 100 valence electrons. The summed E-state index contributed by atoms with van der Waals surface area (Å²) in [5, 5.41) is 0.365. The van der Waals surface area contributed by atoms with E-state index < -0.39 is 0 Å². The van der Waals surface area contributed by atoms with Crippen molar-refractivity contribution in [2.24, 2.45) is 0 Å². The van der Waals surface area contributed by atoms with Gasteiger partial charge in [0.05, 0.1) is 6.61 Å². The number of ether oxygens (including phenoxy) is 1. The van der Waals surface area contributed by atoms with Gasteiger partial charge in [-0.2, -0.15) is 0 Å². The Morgan fingerprint density at radius 1 is 1.50 bits per heavy atom. The molecule has 1 amide bonds. The van der Waals surface area contributed by atoms with Gasteiger partial charge >= 0.3 is 0 Å². The SMILES string of the molecule is CCCc1cc(C(=O)N(C)CCOC)cc(Cl)n1. The smallest absolute Gasteiger partial charge is 0.253 e. The number of aryl methyl sites for hydroxylation is 1. The number of carbonyl (C=O) groups excluding carboxylic acids is 1. The van der Waals surface area contributed by atoms with Crippen molar-refractivity contribution >= 4 is 17.5 Å². The third-order valence-electron chi connectivity index (χ3n) is 2.58. The summed E-state index contributed by atoms with van der Waals surface area (Å²) in [5.41, 5.74) is 1.44. The zero-order valence-corrected chi connectivity index (χ0v) is 11.8. The summed E-state index contributed by atoms with van der Waals surface area (Å²) in [4.78, 5) is 18.0. The van der Waals surface area contributed by atoms with E-state index in [1.54, 1.807) is 31.2 Å². The van der Waals surface area contributed by atoms with E-state index >= 15 is 0 Å². The van der Waals surface area contributed by atoms with Gasteiger partial charge in [-0.05, 0) is 18.6 Å². The maximum Gasteiger partial charge on any atom is 0.253 e. The first-order valence-electron chi connectivity index (χ1n) is 5.99. The Hall–Kier alpha value is -1.13. The lowest BCUT2D eigenvalue weighted by Gasteiger charge is -2.17. The first kappa shape index (κ1) is 14.9. The van der Waals surface area contributed by atoms with E-state index in [-0.39, 0.29) is 5.91 Å². The summed E-state index contributed by atoms with van der Waals surface area (Å²) >= 11 is 5.93. The molecule has 0 atom stereocenters. The lowest BCUT2D eigenvalue weighted by molar-refractivity contribution is 0.0744. The molecule has 0 fully saturated rings. The highest BCUT2D eigenvalue weighted by Gasteiger charge is 2.13. The van der Waals surface area contributed by atoms with Gasteiger partial charge in [-0.25, -0.2) is 4.98 Å². The standard InChI is InChI=1S/C13H19ClN2O2/c1-4-5-11-8-10(9-12(14)15-11)13(17)16(2)6-7-18-3/h8-9H,4-7H2,1-3H3. The molecule has 0 spiro atoms. The van der Waals surface area contributed by atoms with Crippen molar-refractivity contribution in [3.8, 4) is 0 Å². The van der Waals surface area contributed by atoms with E-state index in [9.17, 15) is 4.79 Å². The number of hydrogen-bond acceptors (Lipinski definition) is 3. The van der Waals surface area contributed by atoms with Crippen molar-refractivity contribution in [3.63, 3.8) is 0 Å². The summed E-state index contributed by atoms with van der Waals surface area (Å²) in [7, 11) is 3.36. The van der Waals surface area contributed by atoms with Gasteiger partial charge in [0, 0.05) is 32.0 Å². The second-order valence-corrected chi connectivity index (χ2v) is 4.53. The van der Waals surface area contributed by atoms with E-state index in [4.69, 9.17) is 16.3 Å². The molecule has 1 heterocycles. The molecule has 0 aliphatic heterocycles. The zero-order valence-electron chi connectivity index (χ0n) is 11.1. The summed E-state index contributed by atoms with van der Waals surface area (Å²) in [6.07, 6.45) is 1.79. The van der Waals surface area contributed by atoms with Gasteiger partial charge in [-0.3, -0.25) is 4.79 Å². The fourth-order valence-corrected chi connectivity index (χ4v) is 1.84. The fraction of sp³-hybridized carbons (Fsp3) is 0.538. The number of carbonyl (C=O) groups is 1. The molecule has 1 rings (SSSR count). The number of hydrogen-bond donors (Lipinski definition) is 0. The van der Waals surface area contributed by atoms with E-state index in [0.29, 0.717) is 23.9 Å². The number of aromatic nitrogens is 1. The summed E-state index contributed by atoms with van der Waals surface area (Å²) in [6.45, 7) is 3.13. The van der Waals surface area contributed by atoms with Crippen molar-refractivity contribution in [1.82, 2.24) is 9.88 Å². The minimum Gasteiger partial charge on any atom is -0.383 e. The van der Waals surface area contributed by atoms with Crippen LogP contribution >= 0.6 is 11.6 Å². The van der Waals surface area contributed by atoms with E-state index in [0.717, 1.165) is 18.5 Å². The molecule has 0 radical (unpaired) electrons. The molecule has 4 nitrogen and oxygen atoms in total.